The molecule has 2 aliphatic heterocycles. The van der Waals surface area contributed by atoms with Gasteiger partial charge in [-0.1, -0.05) is 55.4 Å². The lowest BCUT2D eigenvalue weighted by Gasteiger charge is -2.29. The maximum atomic E-state index is 14.1. The lowest BCUT2D eigenvalue weighted by molar-refractivity contribution is -0.137. The second-order valence-corrected chi connectivity index (χ2v) is 15.6. The van der Waals surface area contributed by atoms with E-state index in [2.05, 4.69) is 20.5 Å². The summed E-state index contributed by atoms with van der Waals surface area (Å²) in [6.45, 7) is 1.90. The summed E-state index contributed by atoms with van der Waals surface area (Å²) >= 11 is 5.20. The Morgan fingerprint density at radius 3 is 2.53 bits per heavy atom. The quantitative estimate of drug-likeness (QED) is 0.0519. The Balaban J connectivity index is 0.844. The number of unbranched alkanes of at least 4 members (excludes halogenated alkanes) is 3. The van der Waals surface area contributed by atoms with E-state index in [1.165, 1.54) is 0 Å². The van der Waals surface area contributed by atoms with Crippen molar-refractivity contribution in [1.82, 2.24) is 14.8 Å². The van der Waals surface area contributed by atoms with Gasteiger partial charge in [0.25, 0.3) is 5.91 Å². The van der Waals surface area contributed by atoms with Crippen molar-refractivity contribution in [2.45, 2.75) is 95.2 Å². The summed E-state index contributed by atoms with van der Waals surface area (Å²) in [4.78, 5) is 51.8. The molecule has 300 valence electrons. The number of carbonyl (C=O) groups excluding carboxylic acids is 4. The van der Waals surface area contributed by atoms with Gasteiger partial charge in [-0.15, -0.1) is 0 Å². The molecular formula is C43H48F2N6O5S. The monoisotopic (exact) mass is 798 g/mol. The molecule has 7 rings (SSSR count). The van der Waals surface area contributed by atoms with Gasteiger partial charge in [-0.2, -0.15) is 0 Å². The number of ether oxygens (including phenoxy) is 1. The standard InChI is InChI=1S/C43H48F2N6O5S/c44-43(45)18-15-30(16-19-43)50-25-33(27-7-5-8-28(23-27)40(46)57)31-12-11-29(24-37(31)50)48-39(53)17-22-56-21-4-2-1-3-20-47-35-10-6-9-32-34(35)26-51(42(32)55)36-13-14-38(52)49-41(36)54/h5-12,23-25,30,36,47H,1-4,13-22,26H2,(H2,46,57)(H,48,53)(H,49,52,54). The van der Waals surface area contributed by atoms with Gasteiger partial charge >= 0.3 is 0 Å². The molecular weight excluding hydrogens is 751 g/mol. The molecule has 0 bridgehead atoms. The number of nitrogens with zero attached hydrogens (tertiary/aromatic N) is 2. The molecule has 1 aliphatic carbocycles. The van der Waals surface area contributed by atoms with Gasteiger partial charge in [0, 0.05) is 90.2 Å². The fourth-order valence-electron chi connectivity index (χ4n) is 8.15. The largest absolute Gasteiger partial charge is 0.389 e. The number of benzene rings is 3. The van der Waals surface area contributed by atoms with Gasteiger partial charge in [-0.3, -0.25) is 24.5 Å². The first-order chi connectivity index (χ1) is 27.5. The number of imide groups is 1. The molecule has 4 aromatic rings. The minimum Gasteiger partial charge on any atom is -0.389 e. The molecule has 14 heteroatoms. The first kappa shape index (κ1) is 40.0. The fraction of sp³-hybridized carbons (Fsp3) is 0.419. The maximum absolute atomic E-state index is 14.1. The van der Waals surface area contributed by atoms with Gasteiger partial charge in [0.2, 0.25) is 23.6 Å². The summed E-state index contributed by atoms with van der Waals surface area (Å²) in [5, 5.41) is 9.72. The van der Waals surface area contributed by atoms with Gasteiger partial charge < -0.3 is 30.6 Å². The predicted octanol–water partition coefficient (Wildman–Crippen LogP) is 7.47. The van der Waals surface area contributed by atoms with Crippen molar-refractivity contribution in [3.8, 4) is 11.1 Å². The molecule has 5 N–H and O–H groups in total. The molecule has 1 aromatic heterocycles. The topological polar surface area (TPSA) is 148 Å². The van der Waals surface area contributed by atoms with Crippen molar-refractivity contribution in [2.24, 2.45) is 5.73 Å². The van der Waals surface area contributed by atoms with Gasteiger partial charge in [-0.25, -0.2) is 8.78 Å². The third kappa shape index (κ3) is 9.34. The molecule has 3 aliphatic rings. The summed E-state index contributed by atoms with van der Waals surface area (Å²) in [6.07, 6.45) is 6.90. The molecule has 1 saturated heterocycles. The van der Waals surface area contributed by atoms with Crippen molar-refractivity contribution < 1.29 is 32.7 Å². The van der Waals surface area contributed by atoms with E-state index in [1.54, 1.807) is 11.0 Å². The number of hydrogen-bond donors (Lipinski definition) is 4. The zero-order valence-corrected chi connectivity index (χ0v) is 32.6. The van der Waals surface area contributed by atoms with Crippen molar-refractivity contribution >= 4 is 63.1 Å². The summed E-state index contributed by atoms with van der Waals surface area (Å²) in [5.74, 6) is -3.73. The second-order valence-electron chi connectivity index (χ2n) is 15.2. The van der Waals surface area contributed by atoms with E-state index >= 15 is 0 Å². The third-order valence-electron chi connectivity index (χ3n) is 11.2. The molecule has 4 amide bonds. The fourth-order valence-corrected chi connectivity index (χ4v) is 8.28. The number of anilines is 2. The van der Waals surface area contributed by atoms with Crippen LogP contribution < -0.4 is 21.7 Å². The van der Waals surface area contributed by atoms with E-state index < -0.39 is 17.9 Å². The molecule has 0 spiro atoms. The molecule has 3 aromatic carbocycles. The Morgan fingerprint density at radius 2 is 1.74 bits per heavy atom. The highest BCUT2D eigenvalue weighted by Crippen LogP contribution is 2.42. The summed E-state index contributed by atoms with van der Waals surface area (Å²) in [6, 6.07) is 18.2. The number of fused-ring (bicyclic) bond motifs is 2. The highest BCUT2D eigenvalue weighted by atomic mass is 32.1. The van der Waals surface area contributed by atoms with Crippen LogP contribution in [0, 0.1) is 0 Å². The average molecular weight is 799 g/mol. The number of nitrogens with one attached hydrogen (secondary N) is 3. The molecule has 57 heavy (non-hydrogen) atoms. The normalized spacial score (nSPS) is 18.1. The maximum Gasteiger partial charge on any atom is 0.255 e. The van der Waals surface area contributed by atoms with Crippen LogP contribution in [0.1, 0.15) is 98.2 Å². The highest BCUT2D eigenvalue weighted by molar-refractivity contribution is 7.80. The lowest BCUT2D eigenvalue weighted by Crippen LogP contribution is -2.52. The van der Waals surface area contributed by atoms with Crippen molar-refractivity contribution in [2.75, 3.05) is 30.4 Å². The molecule has 3 heterocycles. The smallest absolute Gasteiger partial charge is 0.255 e. The number of rotatable bonds is 16. The number of piperidine rings is 1. The van der Waals surface area contributed by atoms with Gasteiger partial charge in [0.15, 0.2) is 0 Å². The van der Waals surface area contributed by atoms with E-state index in [1.807, 2.05) is 60.8 Å². The van der Waals surface area contributed by atoms with E-state index in [4.69, 9.17) is 22.7 Å². The minimum atomic E-state index is -2.65. The number of hydrogen-bond acceptors (Lipinski definition) is 7. The molecule has 1 saturated carbocycles. The van der Waals surface area contributed by atoms with Crippen LogP contribution in [0.2, 0.25) is 0 Å². The Kier molecular flexibility index (Phi) is 12.3. The summed E-state index contributed by atoms with van der Waals surface area (Å²) in [5.41, 5.74) is 12.4. The molecule has 1 atom stereocenters. The van der Waals surface area contributed by atoms with Crippen LogP contribution in [-0.4, -0.2) is 69.8 Å². The Hall–Kier alpha value is -5.21. The van der Waals surface area contributed by atoms with Gasteiger partial charge in [0.05, 0.1) is 18.5 Å². The minimum absolute atomic E-state index is 0.0910. The van der Waals surface area contributed by atoms with Crippen LogP contribution in [0.25, 0.3) is 22.0 Å². The number of thiocarbonyl (C=S) groups is 1. The highest BCUT2D eigenvalue weighted by Gasteiger charge is 2.40. The number of carbonyl (C=O) groups is 4. The van der Waals surface area contributed by atoms with Crippen molar-refractivity contribution in [3.63, 3.8) is 0 Å². The number of alkyl halides is 2. The van der Waals surface area contributed by atoms with E-state index in [-0.39, 0.29) is 49.4 Å². The zero-order valence-electron chi connectivity index (χ0n) is 31.8. The van der Waals surface area contributed by atoms with E-state index in [9.17, 15) is 28.0 Å². The predicted molar refractivity (Wildman–Crippen MR) is 219 cm³/mol. The molecule has 2 fully saturated rings. The van der Waals surface area contributed by atoms with E-state index in [0.717, 1.165) is 71.1 Å². The van der Waals surface area contributed by atoms with Crippen LogP contribution in [0.4, 0.5) is 20.2 Å². The summed E-state index contributed by atoms with van der Waals surface area (Å²) in [7, 11) is 0. The van der Waals surface area contributed by atoms with E-state index in [0.29, 0.717) is 55.3 Å². The molecule has 1 unspecified atom stereocenters. The Morgan fingerprint density at radius 1 is 0.947 bits per heavy atom. The summed E-state index contributed by atoms with van der Waals surface area (Å²) < 4.78 is 36.0. The molecule has 0 radical (unpaired) electrons. The van der Waals surface area contributed by atoms with Crippen LogP contribution in [0.15, 0.2) is 66.9 Å². The van der Waals surface area contributed by atoms with Crippen LogP contribution in [0.3, 0.4) is 0 Å². The second kappa shape index (κ2) is 17.5. The lowest BCUT2D eigenvalue weighted by atomic mass is 9.92. The number of nitrogens with two attached hydrogens (primary N) is 1. The van der Waals surface area contributed by atoms with Crippen molar-refractivity contribution in [1.29, 1.82) is 0 Å². The number of halogens is 2. The SMILES string of the molecule is NC(=S)c1cccc(-c2cn(C3CCC(F)(F)CC3)c3cc(NC(=O)CCOCCCCCCNc4cccc5c4CN(C4CCC(=O)NC4=O)C5=O)ccc23)c1. The number of amides is 4. The van der Waals surface area contributed by atoms with Crippen LogP contribution in [-0.2, 0) is 25.7 Å². The third-order valence-corrected chi connectivity index (χ3v) is 11.5. The molecule has 11 nitrogen and oxygen atoms in total. The van der Waals surface area contributed by atoms with Gasteiger partial charge in [0.1, 0.15) is 11.0 Å². The zero-order chi connectivity index (χ0) is 40.1. The first-order valence-corrected chi connectivity index (χ1v) is 20.2. The Labute approximate surface area is 335 Å². The van der Waals surface area contributed by atoms with Crippen LogP contribution in [0.5, 0.6) is 0 Å². The first-order valence-electron chi connectivity index (χ1n) is 19.8. The Bertz CT molecular complexity index is 2180. The average Bonchev–Trinajstić information content (AvgIpc) is 3.73. The number of aromatic nitrogens is 1. The van der Waals surface area contributed by atoms with Crippen LogP contribution >= 0.6 is 12.2 Å². The van der Waals surface area contributed by atoms with Gasteiger partial charge in [-0.05, 0) is 68.0 Å². The van der Waals surface area contributed by atoms with Crippen molar-refractivity contribution in [3.05, 3.63) is 83.6 Å².